The highest BCUT2D eigenvalue weighted by molar-refractivity contribution is 7.92. The van der Waals surface area contributed by atoms with Crippen molar-refractivity contribution in [2.45, 2.75) is 27.2 Å². The number of anilines is 1. The fourth-order valence-corrected chi connectivity index (χ4v) is 4.21. The van der Waals surface area contributed by atoms with Crippen LogP contribution in [0.4, 0.5) is 5.69 Å². The lowest BCUT2D eigenvalue weighted by Crippen LogP contribution is -2.38. The van der Waals surface area contributed by atoms with Crippen molar-refractivity contribution >= 4 is 15.7 Å². The summed E-state index contributed by atoms with van der Waals surface area (Å²) in [6, 6.07) is 7.15. The second-order valence-corrected chi connectivity index (χ2v) is 8.10. The number of methoxy groups -OCH3 is 1. The SMILES string of the molecule is COc1ccccc1N(CCCN)S(=O)(=O)CC(C)(C)C. The summed E-state index contributed by atoms with van der Waals surface area (Å²) < 4.78 is 32.2. The van der Waals surface area contributed by atoms with E-state index in [0.717, 1.165) is 0 Å². The van der Waals surface area contributed by atoms with Crippen LogP contribution >= 0.6 is 0 Å². The zero-order valence-electron chi connectivity index (χ0n) is 13.3. The molecule has 0 fully saturated rings. The molecule has 0 atom stereocenters. The second kappa shape index (κ2) is 7.13. The van der Waals surface area contributed by atoms with Crippen molar-refractivity contribution in [3.05, 3.63) is 24.3 Å². The molecule has 0 radical (unpaired) electrons. The van der Waals surface area contributed by atoms with E-state index in [0.29, 0.717) is 30.9 Å². The van der Waals surface area contributed by atoms with Crippen LogP contribution in [0.3, 0.4) is 0 Å². The van der Waals surface area contributed by atoms with Gasteiger partial charge in [0.2, 0.25) is 10.0 Å². The Hall–Kier alpha value is -1.27. The first-order valence-electron chi connectivity index (χ1n) is 7.05. The van der Waals surface area contributed by atoms with E-state index in [-0.39, 0.29) is 11.2 Å². The molecule has 6 heteroatoms. The van der Waals surface area contributed by atoms with E-state index in [4.69, 9.17) is 10.5 Å². The van der Waals surface area contributed by atoms with Crippen molar-refractivity contribution in [3.8, 4) is 5.75 Å². The fourth-order valence-electron chi connectivity index (χ4n) is 2.11. The van der Waals surface area contributed by atoms with Gasteiger partial charge in [0, 0.05) is 6.54 Å². The Balaban J connectivity index is 3.22. The number of hydrogen-bond acceptors (Lipinski definition) is 4. The van der Waals surface area contributed by atoms with E-state index in [1.165, 1.54) is 11.4 Å². The van der Waals surface area contributed by atoms with Crippen LogP contribution in [0.25, 0.3) is 0 Å². The van der Waals surface area contributed by atoms with E-state index in [1.807, 2.05) is 26.8 Å². The molecular weight excluding hydrogens is 288 g/mol. The molecule has 0 unspecified atom stereocenters. The number of para-hydroxylation sites is 2. The van der Waals surface area contributed by atoms with Gasteiger partial charge in [-0.3, -0.25) is 4.31 Å². The zero-order chi connectivity index (χ0) is 16.1. The summed E-state index contributed by atoms with van der Waals surface area (Å²) in [6.07, 6.45) is 0.599. The summed E-state index contributed by atoms with van der Waals surface area (Å²) in [5.41, 5.74) is 5.79. The molecule has 0 aliphatic rings. The van der Waals surface area contributed by atoms with E-state index in [9.17, 15) is 8.42 Å². The van der Waals surface area contributed by atoms with Crippen molar-refractivity contribution in [1.29, 1.82) is 0 Å². The van der Waals surface area contributed by atoms with Gasteiger partial charge < -0.3 is 10.5 Å². The average Bonchev–Trinajstić information content (AvgIpc) is 2.36. The molecule has 2 N–H and O–H groups in total. The van der Waals surface area contributed by atoms with Crippen LogP contribution in [-0.2, 0) is 10.0 Å². The van der Waals surface area contributed by atoms with Gasteiger partial charge in [0.1, 0.15) is 5.75 Å². The number of ether oxygens (including phenoxy) is 1. The summed E-state index contributed by atoms with van der Waals surface area (Å²) >= 11 is 0. The summed E-state index contributed by atoms with van der Waals surface area (Å²) in [7, 11) is -1.90. The molecule has 0 heterocycles. The molecule has 1 aromatic rings. The topological polar surface area (TPSA) is 72.6 Å². The first-order chi connectivity index (χ1) is 9.71. The number of nitrogens with zero attached hydrogens (tertiary/aromatic N) is 1. The third-order valence-electron chi connectivity index (χ3n) is 2.87. The molecule has 0 saturated heterocycles. The minimum Gasteiger partial charge on any atom is -0.495 e. The van der Waals surface area contributed by atoms with Crippen molar-refractivity contribution in [2.75, 3.05) is 30.3 Å². The maximum Gasteiger partial charge on any atom is 0.235 e. The second-order valence-electron chi connectivity index (χ2n) is 6.20. The maximum absolute atomic E-state index is 12.8. The first kappa shape index (κ1) is 17.8. The average molecular weight is 314 g/mol. The molecule has 0 spiro atoms. The van der Waals surface area contributed by atoms with Gasteiger partial charge in [-0.15, -0.1) is 0 Å². The number of sulfonamides is 1. The van der Waals surface area contributed by atoms with Crippen LogP contribution in [0, 0.1) is 5.41 Å². The molecule has 5 nitrogen and oxygen atoms in total. The van der Waals surface area contributed by atoms with Gasteiger partial charge in [-0.25, -0.2) is 8.42 Å². The predicted octanol–water partition coefficient (Wildman–Crippen LogP) is 2.23. The lowest BCUT2D eigenvalue weighted by Gasteiger charge is -2.29. The zero-order valence-corrected chi connectivity index (χ0v) is 14.1. The molecule has 120 valence electrons. The fraction of sp³-hybridized carbons (Fsp3) is 0.600. The third kappa shape index (κ3) is 5.21. The molecule has 0 aliphatic heterocycles. The van der Waals surface area contributed by atoms with Gasteiger partial charge in [-0.2, -0.15) is 0 Å². The number of benzene rings is 1. The predicted molar refractivity (Wildman–Crippen MR) is 87.3 cm³/mol. The lowest BCUT2D eigenvalue weighted by atomic mass is 10.0. The molecule has 0 bridgehead atoms. The van der Waals surface area contributed by atoms with E-state index in [2.05, 4.69) is 0 Å². The Morgan fingerprint density at radius 2 is 1.86 bits per heavy atom. The largest absolute Gasteiger partial charge is 0.495 e. The van der Waals surface area contributed by atoms with Crippen LogP contribution in [0.15, 0.2) is 24.3 Å². The Bertz CT molecular complexity index is 550. The maximum atomic E-state index is 12.8. The number of nitrogens with two attached hydrogens (primary N) is 1. The van der Waals surface area contributed by atoms with Crippen LogP contribution < -0.4 is 14.8 Å². The van der Waals surface area contributed by atoms with Crippen molar-refractivity contribution in [2.24, 2.45) is 11.1 Å². The lowest BCUT2D eigenvalue weighted by molar-refractivity contribution is 0.415. The number of hydrogen-bond donors (Lipinski definition) is 1. The molecular formula is C15H26N2O3S. The van der Waals surface area contributed by atoms with Gasteiger partial charge in [-0.05, 0) is 30.5 Å². The van der Waals surface area contributed by atoms with E-state index < -0.39 is 10.0 Å². The van der Waals surface area contributed by atoms with E-state index in [1.54, 1.807) is 18.2 Å². The van der Waals surface area contributed by atoms with Crippen molar-refractivity contribution in [3.63, 3.8) is 0 Å². The van der Waals surface area contributed by atoms with Gasteiger partial charge >= 0.3 is 0 Å². The molecule has 0 aliphatic carbocycles. The summed E-state index contributed by atoms with van der Waals surface area (Å²) in [5, 5.41) is 0. The molecule has 21 heavy (non-hydrogen) atoms. The summed E-state index contributed by atoms with van der Waals surface area (Å²) in [5.74, 6) is 0.620. The standard InChI is InChI=1S/C15H26N2O3S/c1-15(2,3)12-21(18,19)17(11-7-10-16)13-8-5-6-9-14(13)20-4/h5-6,8-9H,7,10-12,16H2,1-4H3. The quantitative estimate of drug-likeness (QED) is 0.837. The highest BCUT2D eigenvalue weighted by Gasteiger charge is 2.29. The van der Waals surface area contributed by atoms with Crippen LogP contribution in [0.2, 0.25) is 0 Å². The molecule has 0 aromatic heterocycles. The minimum absolute atomic E-state index is 0.0720. The van der Waals surface area contributed by atoms with Gasteiger partial charge in [0.25, 0.3) is 0 Å². The smallest absolute Gasteiger partial charge is 0.235 e. The first-order valence-corrected chi connectivity index (χ1v) is 8.66. The minimum atomic E-state index is -3.44. The molecule has 1 rings (SSSR count). The highest BCUT2D eigenvalue weighted by atomic mass is 32.2. The van der Waals surface area contributed by atoms with Crippen LogP contribution in [0.5, 0.6) is 5.75 Å². The van der Waals surface area contributed by atoms with Gasteiger partial charge in [-0.1, -0.05) is 32.9 Å². The monoisotopic (exact) mass is 314 g/mol. The van der Waals surface area contributed by atoms with Gasteiger partial charge in [0.15, 0.2) is 0 Å². The Kier molecular flexibility index (Phi) is 6.04. The summed E-state index contributed by atoms with van der Waals surface area (Å²) in [4.78, 5) is 0. The Morgan fingerprint density at radius 3 is 2.38 bits per heavy atom. The Labute approximate surface area is 128 Å². The molecule has 1 aromatic carbocycles. The molecule has 0 saturated carbocycles. The van der Waals surface area contributed by atoms with Crippen LogP contribution in [0.1, 0.15) is 27.2 Å². The van der Waals surface area contributed by atoms with Crippen molar-refractivity contribution < 1.29 is 13.2 Å². The Morgan fingerprint density at radius 1 is 1.24 bits per heavy atom. The molecule has 0 amide bonds. The summed E-state index contributed by atoms with van der Waals surface area (Å²) in [6.45, 7) is 6.53. The van der Waals surface area contributed by atoms with E-state index >= 15 is 0 Å². The number of rotatable bonds is 7. The van der Waals surface area contributed by atoms with Gasteiger partial charge in [0.05, 0.1) is 18.6 Å². The van der Waals surface area contributed by atoms with Crippen LogP contribution in [-0.4, -0.2) is 34.4 Å². The third-order valence-corrected chi connectivity index (χ3v) is 5.15. The highest BCUT2D eigenvalue weighted by Crippen LogP contribution is 2.31. The van der Waals surface area contributed by atoms with Crippen molar-refractivity contribution in [1.82, 2.24) is 0 Å². The normalized spacial score (nSPS) is 12.2.